The van der Waals surface area contributed by atoms with Gasteiger partial charge in [0.15, 0.2) is 0 Å². The summed E-state index contributed by atoms with van der Waals surface area (Å²) in [5.41, 5.74) is 1.70. The van der Waals surface area contributed by atoms with Gasteiger partial charge < -0.3 is 5.32 Å². The maximum Gasteiger partial charge on any atom is 0.225 e. The molecule has 4 heteroatoms. The van der Waals surface area contributed by atoms with Gasteiger partial charge in [-0.3, -0.25) is 9.78 Å². The van der Waals surface area contributed by atoms with Crippen molar-refractivity contribution in [2.75, 3.05) is 17.3 Å². The predicted octanol–water partition coefficient (Wildman–Crippen LogP) is 2.93. The van der Waals surface area contributed by atoms with Crippen LogP contribution in [0.3, 0.4) is 0 Å². The van der Waals surface area contributed by atoms with Crippen LogP contribution in [-0.4, -0.2) is 22.9 Å². The third-order valence-corrected chi connectivity index (χ3v) is 3.02. The van der Waals surface area contributed by atoms with Gasteiger partial charge in [0, 0.05) is 17.6 Å². The van der Waals surface area contributed by atoms with E-state index in [4.69, 9.17) is 0 Å². The van der Waals surface area contributed by atoms with Crippen molar-refractivity contribution in [3.05, 3.63) is 36.5 Å². The van der Waals surface area contributed by atoms with E-state index < -0.39 is 0 Å². The molecule has 1 aromatic carbocycles. The molecule has 0 bridgehead atoms. The first-order chi connectivity index (χ1) is 8.29. The van der Waals surface area contributed by atoms with Crippen molar-refractivity contribution in [2.45, 2.75) is 6.42 Å². The molecule has 0 aliphatic carbocycles. The molecule has 3 nitrogen and oxygen atoms in total. The van der Waals surface area contributed by atoms with Gasteiger partial charge in [0.25, 0.3) is 0 Å². The molecule has 88 valence electrons. The number of nitrogens with one attached hydrogen (secondary N) is 1. The van der Waals surface area contributed by atoms with Crippen LogP contribution >= 0.6 is 11.8 Å². The third-order valence-electron chi connectivity index (χ3n) is 2.41. The molecule has 1 heterocycles. The van der Waals surface area contributed by atoms with E-state index in [9.17, 15) is 4.79 Å². The van der Waals surface area contributed by atoms with Gasteiger partial charge in [0.05, 0.1) is 17.4 Å². The van der Waals surface area contributed by atoms with E-state index in [1.54, 1.807) is 18.0 Å². The zero-order valence-electron chi connectivity index (χ0n) is 9.64. The highest BCUT2D eigenvalue weighted by Gasteiger charge is 2.02. The summed E-state index contributed by atoms with van der Waals surface area (Å²) < 4.78 is 0. The van der Waals surface area contributed by atoms with E-state index in [2.05, 4.69) is 10.3 Å². The molecule has 0 aliphatic heterocycles. The number of anilines is 1. The van der Waals surface area contributed by atoms with Gasteiger partial charge in [0.2, 0.25) is 5.91 Å². The third kappa shape index (κ3) is 3.20. The van der Waals surface area contributed by atoms with Crippen LogP contribution in [0.2, 0.25) is 0 Å². The van der Waals surface area contributed by atoms with Crippen LogP contribution in [0.1, 0.15) is 6.42 Å². The maximum atomic E-state index is 11.6. The number of nitrogens with zero attached hydrogens (tertiary/aromatic N) is 1. The fourth-order valence-electron chi connectivity index (χ4n) is 1.56. The van der Waals surface area contributed by atoms with Crippen molar-refractivity contribution in [3.8, 4) is 0 Å². The maximum absolute atomic E-state index is 11.6. The minimum atomic E-state index is 0.0384. The number of fused-ring (bicyclic) bond motifs is 1. The second-order valence-corrected chi connectivity index (χ2v) is 4.69. The first kappa shape index (κ1) is 11.9. The zero-order chi connectivity index (χ0) is 12.1. The second-order valence-electron chi connectivity index (χ2n) is 3.71. The summed E-state index contributed by atoms with van der Waals surface area (Å²) in [5, 5.41) is 3.89. The minimum Gasteiger partial charge on any atom is -0.325 e. The lowest BCUT2D eigenvalue weighted by Crippen LogP contribution is -2.12. The number of rotatable bonds is 4. The molecular weight excluding hydrogens is 232 g/mol. The Hall–Kier alpha value is -1.55. The summed E-state index contributed by atoms with van der Waals surface area (Å²) in [6.07, 6.45) is 4.22. The van der Waals surface area contributed by atoms with Gasteiger partial charge in [-0.1, -0.05) is 18.2 Å². The second kappa shape index (κ2) is 5.68. The molecule has 0 atom stereocenters. The Morgan fingerprint density at radius 1 is 1.41 bits per heavy atom. The number of benzene rings is 1. The first-order valence-electron chi connectivity index (χ1n) is 5.43. The Kier molecular flexibility index (Phi) is 3.98. The first-order valence-corrected chi connectivity index (χ1v) is 6.82. The monoisotopic (exact) mass is 246 g/mol. The fraction of sp³-hybridized carbons (Fsp3) is 0.231. The van der Waals surface area contributed by atoms with E-state index >= 15 is 0 Å². The molecule has 1 amide bonds. The van der Waals surface area contributed by atoms with Gasteiger partial charge in [-0.25, -0.2) is 0 Å². The molecule has 2 aromatic rings. The van der Waals surface area contributed by atoms with E-state index in [-0.39, 0.29) is 5.91 Å². The van der Waals surface area contributed by atoms with Crippen LogP contribution in [0.25, 0.3) is 10.9 Å². The van der Waals surface area contributed by atoms with E-state index in [1.807, 2.05) is 36.6 Å². The van der Waals surface area contributed by atoms with Gasteiger partial charge in [-0.2, -0.15) is 11.8 Å². The van der Waals surface area contributed by atoms with Crippen molar-refractivity contribution in [1.82, 2.24) is 4.98 Å². The predicted molar refractivity (Wildman–Crippen MR) is 73.4 cm³/mol. The highest BCUT2D eigenvalue weighted by molar-refractivity contribution is 7.98. The lowest BCUT2D eigenvalue weighted by Gasteiger charge is -2.05. The average molecular weight is 246 g/mol. The Balaban J connectivity index is 2.11. The summed E-state index contributed by atoms with van der Waals surface area (Å²) in [5.74, 6) is 0.878. The van der Waals surface area contributed by atoms with Crippen LogP contribution in [0.15, 0.2) is 36.5 Å². The molecule has 0 saturated carbocycles. The molecule has 0 aliphatic rings. The van der Waals surface area contributed by atoms with Gasteiger partial charge in [0.1, 0.15) is 0 Å². The number of hydrogen-bond donors (Lipinski definition) is 1. The summed E-state index contributed by atoms with van der Waals surface area (Å²) in [6.45, 7) is 0. The van der Waals surface area contributed by atoms with Crippen LogP contribution in [0, 0.1) is 0 Å². The number of aromatic nitrogens is 1. The minimum absolute atomic E-state index is 0.0384. The Morgan fingerprint density at radius 2 is 2.24 bits per heavy atom. The van der Waals surface area contributed by atoms with Crippen LogP contribution < -0.4 is 5.32 Å². The number of pyridine rings is 1. The average Bonchev–Trinajstić information content (AvgIpc) is 2.36. The summed E-state index contributed by atoms with van der Waals surface area (Å²) in [7, 11) is 0. The van der Waals surface area contributed by atoms with Crippen LogP contribution in [0.5, 0.6) is 0 Å². The van der Waals surface area contributed by atoms with Crippen LogP contribution in [0.4, 0.5) is 5.69 Å². The van der Waals surface area contributed by atoms with Crippen molar-refractivity contribution in [1.29, 1.82) is 0 Å². The highest BCUT2D eigenvalue weighted by Crippen LogP contribution is 2.16. The molecule has 2 rings (SSSR count). The molecular formula is C13H14N2OS. The van der Waals surface area contributed by atoms with E-state index in [1.165, 1.54) is 0 Å². The van der Waals surface area contributed by atoms with Gasteiger partial charge >= 0.3 is 0 Å². The molecule has 1 aromatic heterocycles. The molecule has 0 spiro atoms. The molecule has 0 saturated heterocycles. The van der Waals surface area contributed by atoms with E-state index in [0.29, 0.717) is 6.42 Å². The molecule has 17 heavy (non-hydrogen) atoms. The number of amides is 1. The van der Waals surface area contributed by atoms with E-state index in [0.717, 1.165) is 22.3 Å². The van der Waals surface area contributed by atoms with Gasteiger partial charge in [-0.15, -0.1) is 0 Å². The molecule has 0 radical (unpaired) electrons. The Morgan fingerprint density at radius 3 is 3.06 bits per heavy atom. The lowest BCUT2D eigenvalue weighted by atomic mass is 10.2. The fourth-order valence-corrected chi connectivity index (χ4v) is 1.95. The quantitative estimate of drug-likeness (QED) is 0.902. The number of hydrogen-bond acceptors (Lipinski definition) is 3. The topological polar surface area (TPSA) is 42.0 Å². The zero-order valence-corrected chi connectivity index (χ0v) is 10.5. The summed E-state index contributed by atoms with van der Waals surface area (Å²) >= 11 is 1.67. The molecule has 1 N–H and O–H groups in total. The number of carbonyl (C=O) groups is 1. The summed E-state index contributed by atoms with van der Waals surface area (Å²) in [4.78, 5) is 15.8. The normalized spacial score (nSPS) is 10.4. The van der Waals surface area contributed by atoms with Crippen molar-refractivity contribution in [2.24, 2.45) is 0 Å². The number of thioether (sulfide) groups is 1. The largest absolute Gasteiger partial charge is 0.325 e. The highest BCUT2D eigenvalue weighted by atomic mass is 32.2. The summed E-state index contributed by atoms with van der Waals surface area (Å²) in [6, 6.07) is 9.79. The Labute approximate surface area is 105 Å². The lowest BCUT2D eigenvalue weighted by molar-refractivity contribution is -0.115. The van der Waals surface area contributed by atoms with Crippen molar-refractivity contribution < 1.29 is 4.79 Å². The number of carbonyl (C=O) groups excluding carboxylic acids is 1. The van der Waals surface area contributed by atoms with Crippen LogP contribution in [-0.2, 0) is 4.79 Å². The Bertz CT molecular complexity index is 528. The van der Waals surface area contributed by atoms with Crippen molar-refractivity contribution >= 4 is 34.3 Å². The molecule has 0 fully saturated rings. The van der Waals surface area contributed by atoms with Crippen molar-refractivity contribution in [3.63, 3.8) is 0 Å². The SMILES string of the molecule is CSCCC(=O)Nc1cnc2ccccc2c1. The standard InChI is InChI=1S/C13H14N2OS/c1-17-7-6-13(16)15-11-8-10-4-2-3-5-12(10)14-9-11/h2-5,8-9H,6-7H2,1H3,(H,15,16). The smallest absolute Gasteiger partial charge is 0.225 e. The number of para-hydroxylation sites is 1. The van der Waals surface area contributed by atoms with Gasteiger partial charge in [-0.05, 0) is 18.4 Å². The molecule has 0 unspecified atom stereocenters.